The largest absolute Gasteiger partial charge is 0.497 e. The average Bonchev–Trinajstić information content (AvgIpc) is 2.97. The van der Waals surface area contributed by atoms with E-state index in [1.54, 1.807) is 26.4 Å². The van der Waals surface area contributed by atoms with Crippen LogP contribution in [0.1, 0.15) is 53.6 Å². The number of methoxy groups -OCH3 is 2. The summed E-state index contributed by atoms with van der Waals surface area (Å²) >= 11 is 0. The fraction of sp³-hybridized carbons (Fsp3) is 0.450. The molecule has 3 rings (SSSR count). The van der Waals surface area contributed by atoms with Crippen LogP contribution in [0.5, 0.6) is 5.75 Å². The van der Waals surface area contributed by atoms with E-state index in [4.69, 9.17) is 13.9 Å². The van der Waals surface area contributed by atoms with Gasteiger partial charge >= 0.3 is 0 Å². The molecule has 5 nitrogen and oxygen atoms in total. The van der Waals surface area contributed by atoms with Gasteiger partial charge in [-0.2, -0.15) is 0 Å². The van der Waals surface area contributed by atoms with Crippen molar-refractivity contribution in [3.63, 3.8) is 0 Å². The number of benzene rings is 1. The molecule has 1 atom stereocenters. The summed E-state index contributed by atoms with van der Waals surface area (Å²) in [4.78, 5) is 15.0. The molecule has 0 aliphatic carbocycles. The Morgan fingerprint density at radius 2 is 1.92 bits per heavy atom. The number of nitrogens with zero attached hydrogens (tertiary/aromatic N) is 1. The number of amides is 1. The molecule has 0 N–H and O–H groups in total. The van der Waals surface area contributed by atoms with Crippen LogP contribution in [0.25, 0.3) is 0 Å². The van der Waals surface area contributed by atoms with Crippen LogP contribution in [0.15, 0.2) is 40.8 Å². The number of likely N-dealkylation sites (tertiary alicyclic amines) is 1. The van der Waals surface area contributed by atoms with Crippen LogP contribution in [0, 0.1) is 0 Å². The Bertz CT molecular complexity index is 692. The van der Waals surface area contributed by atoms with Crippen molar-refractivity contribution in [2.75, 3.05) is 20.8 Å². The van der Waals surface area contributed by atoms with Crippen molar-refractivity contribution in [3.05, 3.63) is 53.5 Å². The van der Waals surface area contributed by atoms with Crippen LogP contribution in [-0.2, 0) is 11.3 Å². The average molecular weight is 343 g/mol. The third kappa shape index (κ3) is 4.04. The molecule has 0 spiro atoms. The van der Waals surface area contributed by atoms with E-state index in [9.17, 15) is 4.79 Å². The number of hydrogen-bond donors (Lipinski definition) is 0. The molecule has 0 bridgehead atoms. The van der Waals surface area contributed by atoms with Gasteiger partial charge < -0.3 is 18.8 Å². The first-order valence-corrected chi connectivity index (χ1v) is 8.75. The zero-order valence-corrected chi connectivity index (χ0v) is 14.9. The first-order valence-electron chi connectivity index (χ1n) is 8.75. The lowest BCUT2D eigenvalue weighted by molar-refractivity contribution is 0.0641. The Morgan fingerprint density at radius 3 is 2.64 bits per heavy atom. The lowest BCUT2D eigenvalue weighted by Gasteiger charge is -2.30. The Kier molecular flexibility index (Phi) is 5.76. The van der Waals surface area contributed by atoms with Gasteiger partial charge in [-0.1, -0.05) is 25.0 Å². The standard InChI is InChI=1S/C20H25NO4/c1-23-14-17-11-12-19(25-17)20(22)21-13-5-3-4-6-18(21)15-7-9-16(24-2)10-8-15/h7-12,18H,3-6,13-14H2,1-2H3. The van der Waals surface area contributed by atoms with Crippen LogP contribution >= 0.6 is 0 Å². The molecule has 0 saturated carbocycles. The Balaban J connectivity index is 1.84. The predicted molar refractivity (Wildman–Crippen MR) is 94.7 cm³/mol. The number of carbonyl (C=O) groups excluding carboxylic acids is 1. The van der Waals surface area contributed by atoms with Crippen LogP contribution in [-0.4, -0.2) is 31.6 Å². The Labute approximate surface area is 148 Å². The van der Waals surface area contributed by atoms with Gasteiger partial charge in [-0.3, -0.25) is 4.79 Å². The zero-order chi connectivity index (χ0) is 17.6. The molecule has 1 aliphatic heterocycles. The molecule has 1 amide bonds. The Morgan fingerprint density at radius 1 is 1.12 bits per heavy atom. The first kappa shape index (κ1) is 17.5. The molecular formula is C20H25NO4. The number of furan rings is 1. The number of carbonyl (C=O) groups is 1. The number of hydrogen-bond acceptors (Lipinski definition) is 4. The Hall–Kier alpha value is -2.27. The van der Waals surface area contributed by atoms with Crippen molar-refractivity contribution in [1.29, 1.82) is 0 Å². The first-order chi connectivity index (χ1) is 12.2. The van der Waals surface area contributed by atoms with Gasteiger partial charge in [0, 0.05) is 13.7 Å². The van der Waals surface area contributed by atoms with E-state index in [1.807, 2.05) is 29.2 Å². The minimum atomic E-state index is -0.0509. The highest BCUT2D eigenvalue weighted by Crippen LogP contribution is 2.32. The zero-order valence-electron chi connectivity index (χ0n) is 14.9. The summed E-state index contributed by atoms with van der Waals surface area (Å²) in [5.41, 5.74) is 1.14. The molecule has 0 radical (unpaired) electrons. The number of rotatable bonds is 5. The SMILES string of the molecule is COCc1ccc(C(=O)N2CCCCCC2c2ccc(OC)cc2)o1. The third-order valence-corrected chi connectivity index (χ3v) is 4.67. The van der Waals surface area contributed by atoms with Gasteiger partial charge in [0.05, 0.1) is 13.2 Å². The molecule has 2 heterocycles. The van der Waals surface area contributed by atoms with Crippen molar-refractivity contribution in [3.8, 4) is 5.75 Å². The molecule has 134 valence electrons. The van der Waals surface area contributed by atoms with Gasteiger partial charge in [0.15, 0.2) is 5.76 Å². The van der Waals surface area contributed by atoms with Crippen molar-refractivity contribution >= 4 is 5.91 Å². The maximum Gasteiger partial charge on any atom is 0.290 e. The van der Waals surface area contributed by atoms with E-state index in [0.29, 0.717) is 18.1 Å². The molecule has 1 saturated heterocycles. The van der Waals surface area contributed by atoms with Gasteiger partial charge in [0.25, 0.3) is 5.91 Å². The van der Waals surface area contributed by atoms with E-state index < -0.39 is 0 Å². The minimum Gasteiger partial charge on any atom is -0.497 e. The summed E-state index contributed by atoms with van der Waals surface area (Å²) in [5, 5.41) is 0. The smallest absolute Gasteiger partial charge is 0.290 e. The molecule has 1 aromatic heterocycles. The van der Waals surface area contributed by atoms with Crippen LogP contribution in [0.2, 0.25) is 0 Å². The summed E-state index contributed by atoms with van der Waals surface area (Å²) < 4.78 is 16.0. The van der Waals surface area contributed by atoms with Crippen molar-refractivity contribution < 1.29 is 18.7 Å². The molecule has 1 unspecified atom stereocenters. The molecule has 1 aromatic carbocycles. The fourth-order valence-electron chi connectivity index (χ4n) is 3.38. The van der Waals surface area contributed by atoms with Gasteiger partial charge in [0.2, 0.25) is 0 Å². The molecule has 25 heavy (non-hydrogen) atoms. The fourth-order valence-corrected chi connectivity index (χ4v) is 3.38. The molecular weight excluding hydrogens is 318 g/mol. The highest BCUT2D eigenvalue weighted by molar-refractivity contribution is 5.91. The highest BCUT2D eigenvalue weighted by atomic mass is 16.5. The van der Waals surface area contributed by atoms with Crippen molar-refractivity contribution in [2.45, 2.75) is 38.3 Å². The van der Waals surface area contributed by atoms with Crippen LogP contribution < -0.4 is 4.74 Å². The summed E-state index contributed by atoms with van der Waals surface area (Å²) in [6, 6.07) is 11.6. The topological polar surface area (TPSA) is 51.9 Å². The van der Waals surface area contributed by atoms with E-state index >= 15 is 0 Å². The maximum atomic E-state index is 13.0. The summed E-state index contributed by atoms with van der Waals surface area (Å²) in [6.07, 6.45) is 4.24. The van der Waals surface area contributed by atoms with E-state index in [2.05, 4.69) is 0 Å². The van der Waals surface area contributed by atoms with Gasteiger partial charge in [-0.05, 0) is 42.7 Å². The van der Waals surface area contributed by atoms with Crippen molar-refractivity contribution in [2.24, 2.45) is 0 Å². The monoisotopic (exact) mass is 343 g/mol. The van der Waals surface area contributed by atoms with E-state index in [1.165, 1.54) is 0 Å². The highest BCUT2D eigenvalue weighted by Gasteiger charge is 2.29. The van der Waals surface area contributed by atoms with E-state index in [-0.39, 0.29) is 11.9 Å². The third-order valence-electron chi connectivity index (χ3n) is 4.67. The summed E-state index contributed by atoms with van der Waals surface area (Å²) in [5.74, 6) is 1.82. The van der Waals surface area contributed by atoms with Gasteiger partial charge in [-0.25, -0.2) is 0 Å². The van der Waals surface area contributed by atoms with Gasteiger partial charge in [-0.15, -0.1) is 0 Å². The second-order valence-electron chi connectivity index (χ2n) is 6.34. The molecule has 5 heteroatoms. The quantitative estimate of drug-likeness (QED) is 0.817. The summed E-state index contributed by atoms with van der Waals surface area (Å²) in [6.45, 7) is 1.12. The minimum absolute atomic E-state index is 0.0509. The summed E-state index contributed by atoms with van der Waals surface area (Å²) in [7, 11) is 3.27. The number of ether oxygens (including phenoxy) is 2. The van der Waals surface area contributed by atoms with Crippen LogP contribution in [0.3, 0.4) is 0 Å². The normalized spacial score (nSPS) is 18.0. The lowest BCUT2D eigenvalue weighted by atomic mass is 10.0. The molecule has 1 fully saturated rings. The lowest BCUT2D eigenvalue weighted by Crippen LogP contribution is -2.34. The second-order valence-corrected chi connectivity index (χ2v) is 6.34. The van der Waals surface area contributed by atoms with Crippen LogP contribution in [0.4, 0.5) is 0 Å². The maximum absolute atomic E-state index is 13.0. The van der Waals surface area contributed by atoms with E-state index in [0.717, 1.165) is 43.5 Å². The predicted octanol–water partition coefficient (Wildman–Crippen LogP) is 4.19. The van der Waals surface area contributed by atoms with Crippen molar-refractivity contribution in [1.82, 2.24) is 4.90 Å². The van der Waals surface area contributed by atoms with Gasteiger partial charge in [0.1, 0.15) is 18.1 Å². The molecule has 2 aromatic rings. The second kappa shape index (κ2) is 8.21. The molecule has 1 aliphatic rings.